The fraction of sp³-hybridized carbons (Fsp3) is 0.111. The molecule has 0 aliphatic heterocycles. The van der Waals surface area contributed by atoms with Gasteiger partial charge in [0, 0.05) is 11.6 Å². The molecule has 0 amide bonds. The van der Waals surface area contributed by atoms with Crippen LogP contribution >= 0.6 is 0 Å². The van der Waals surface area contributed by atoms with Crippen LogP contribution in [-0.4, -0.2) is 24.2 Å². The Kier molecular flexibility index (Phi) is 6.10. The number of alkyl halides is 3. The van der Waals surface area contributed by atoms with Crippen LogP contribution in [0.5, 0.6) is 5.75 Å². The monoisotopic (exact) mass is 380 g/mol. The number of para-hydroxylation sites is 1. The molecule has 0 radical (unpaired) electrons. The number of ether oxygens (including phenoxy) is 1. The van der Waals surface area contributed by atoms with Crippen molar-refractivity contribution in [2.24, 2.45) is 9.98 Å². The van der Waals surface area contributed by atoms with Gasteiger partial charge in [0.05, 0.1) is 12.7 Å². The largest absolute Gasteiger partial charge is 0.494 e. The topological polar surface area (TPSA) is 71.2 Å². The van der Waals surface area contributed by atoms with Crippen LogP contribution in [0.3, 0.4) is 0 Å². The predicted molar refractivity (Wildman–Crippen MR) is 90.2 cm³/mol. The molecule has 0 aliphatic carbocycles. The van der Waals surface area contributed by atoms with Crippen molar-refractivity contribution in [3.63, 3.8) is 0 Å². The van der Waals surface area contributed by atoms with Crippen molar-refractivity contribution in [2.75, 3.05) is 7.11 Å². The van der Waals surface area contributed by atoms with Gasteiger partial charge in [0.2, 0.25) is 0 Å². The molecule has 0 saturated carbocycles. The Morgan fingerprint density at radius 1 is 1.22 bits per heavy atom. The summed E-state index contributed by atoms with van der Waals surface area (Å²) in [6.07, 6.45) is -2.66. The minimum absolute atomic E-state index is 0.0465. The smallest absolute Gasteiger partial charge is 0.416 e. The average Bonchev–Trinajstić information content (AvgIpc) is 2.60. The van der Waals surface area contributed by atoms with Gasteiger partial charge in [-0.1, -0.05) is 12.1 Å². The van der Waals surface area contributed by atoms with Crippen molar-refractivity contribution >= 4 is 29.4 Å². The summed E-state index contributed by atoms with van der Waals surface area (Å²) in [5.74, 6) is -1.97. The number of benzene rings is 2. The van der Waals surface area contributed by atoms with Gasteiger partial charge in [-0.05, 0) is 30.3 Å². The van der Waals surface area contributed by atoms with E-state index in [1.807, 2.05) is 0 Å². The zero-order chi connectivity index (χ0) is 20.0. The molecule has 0 aromatic heterocycles. The molecule has 27 heavy (non-hydrogen) atoms. The second-order valence-electron chi connectivity index (χ2n) is 5.06. The molecule has 0 atom stereocenters. The zero-order valence-corrected chi connectivity index (χ0v) is 13.8. The predicted octanol–water partition coefficient (Wildman–Crippen LogP) is 5.09. The van der Waals surface area contributed by atoms with Crippen LogP contribution in [0.4, 0.5) is 28.9 Å². The van der Waals surface area contributed by atoms with E-state index in [0.29, 0.717) is 0 Å². The Morgan fingerprint density at radius 3 is 2.59 bits per heavy atom. The van der Waals surface area contributed by atoms with E-state index in [0.717, 1.165) is 36.4 Å². The molecule has 1 N–H and O–H groups in total. The van der Waals surface area contributed by atoms with Crippen molar-refractivity contribution in [1.29, 1.82) is 0 Å². The normalized spacial score (nSPS) is 11.1. The first-order chi connectivity index (χ1) is 12.7. The van der Waals surface area contributed by atoms with E-state index in [1.54, 1.807) is 0 Å². The number of carbonyl (C=O) groups is 1. The highest BCUT2D eigenvalue weighted by atomic mass is 19.4. The summed E-state index contributed by atoms with van der Waals surface area (Å²) in [6, 6.07) is 8.64. The average molecular weight is 380 g/mol. The third-order valence-corrected chi connectivity index (χ3v) is 3.26. The molecule has 2 aromatic rings. The molecule has 0 heterocycles. The number of nitrogens with zero attached hydrogens (tertiary/aromatic N) is 2. The maximum atomic E-state index is 13.9. The third kappa shape index (κ3) is 5.26. The number of halogens is 4. The molecular formula is C18H12F4N2O3. The van der Waals surface area contributed by atoms with E-state index < -0.39 is 23.5 Å². The van der Waals surface area contributed by atoms with Crippen molar-refractivity contribution in [3.05, 3.63) is 59.4 Å². The molecule has 5 nitrogen and oxygen atoms in total. The number of aliphatic imine (C=N–C) groups is 2. The summed E-state index contributed by atoms with van der Waals surface area (Å²) >= 11 is 0. The molecule has 2 rings (SSSR count). The molecule has 0 bridgehead atoms. The maximum Gasteiger partial charge on any atom is 0.416 e. The van der Waals surface area contributed by atoms with Crippen LogP contribution in [0.1, 0.15) is 11.1 Å². The van der Waals surface area contributed by atoms with Crippen LogP contribution < -0.4 is 4.74 Å². The fourth-order valence-electron chi connectivity index (χ4n) is 2.03. The quantitative estimate of drug-likeness (QED) is 0.446. The molecule has 0 fully saturated rings. The SMILES string of the molecule is COc1ccc(C(F)(F)F)cc1N=C=Nc1c(F)cccc1C=CC(=O)O. The van der Waals surface area contributed by atoms with Gasteiger partial charge >= 0.3 is 12.1 Å². The van der Waals surface area contributed by atoms with E-state index in [2.05, 4.69) is 16.0 Å². The molecule has 0 unspecified atom stereocenters. The Labute approximate surface area is 151 Å². The summed E-state index contributed by atoms with van der Waals surface area (Å²) in [7, 11) is 1.25. The molecule has 0 spiro atoms. The minimum atomic E-state index is -4.58. The summed E-state index contributed by atoms with van der Waals surface area (Å²) in [6.45, 7) is 0. The van der Waals surface area contributed by atoms with Gasteiger partial charge in [0.1, 0.15) is 28.9 Å². The third-order valence-electron chi connectivity index (χ3n) is 3.26. The first-order valence-corrected chi connectivity index (χ1v) is 7.33. The van der Waals surface area contributed by atoms with Gasteiger partial charge in [-0.2, -0.15) is 23.2 Å². The highest BCUT2D eigenvalue weighted by Crippen LogP contribution is 2.36. The van der Waals surface area contributed by atoms with Crippen LogP contribution in [0.2, 0.25) is 0 Å². The van der Waals surface area contributed by atoms with Gasteiger partial charge in [-0.25, -0.2) is 9.18 Å². The number of rotatable bonds is 5. The summed E-state index contributed by atoms with van der Waals surface area (Å²) in [5.41, 5.74) is -1.27. The number of hydrogen-bond donors (Lipinski definition) is 1. The Bertz CT molecular complexity index is 946. The minimum Gasteiger partial charge on any atom is -0.494 e. The number of carboxylic acids is 1. The Morgan fingerprint density at radius 2 is 1.96 bits per heavy atom. The van der Waals surface area contributed by atoms with E-state index in [4.69, 9.17) is 9.84 Å². The summed E-state index contributed by atoms with van der Waals surface area (Å²) < 4.78 is 57.3. The van der Waals surface area contributed by atoms with E-state index >= 15 is 0 Å². The second kappa shape index (κ2) is 8.29. The molecule has 0 aliphatic rings. The first-order valence-electron chi connectivity index (χ1n) is 7.33. The van der Waals surface area contributed by atoms with Crippen molar-refractivity contribution < 1.29 is 32.2 Å². The second-order valence-corrected chi connectivity index (χ2v) is 5.06. The lowest BCUT2D eigenvalue weighted by atomic mass is 10.1. The first kappa shape index (κ1) is 19.9. The van der Waals surface area contributed by atoms with Gasteiger partial charge in [-0.3, -0.25) is 0 Å². The van der Waals surface area contributed by atoms with E-state index in [1.165, 1.54) is 19.2 Å². The summed E-state index contributed by atoms with van der Waals surface area (Å²) in [5, 5.41) is 8.66. The van der Waals surface area contributed by atoms with Crippen molar-refractivity contribution in [1.82, 2.24) is 0 Å². The van der Waals surface area contributed by atoms with Crippen LogP contribution in [0.15, 0.2) is 52.5 Å². The standard InChI is InChI=1S/C18H12F4N2O3/c1-27-15-7-6-12(18(20,21)22)9-14(15)23-10-24-17-11(5-8-16(25)26)3-2-4-13(17)19/h2-9H,1H3,(H,25,26). The van der Waals surface area contributed by atoms with Gasteiger partial charge in [0.25, 0.3) is 0 Å². The van der Waals surface area contributed by atoms with E-state index in [-0.39, 0.29) is 22.7 Å². The number of aliphatic carboxylic acids is 1. The number of carboxylic acid groups (broad SMARTS) is 1. The lowest BCUT2D eigenvalue weighted by Gasteiger charge is -2.09. The highest BCUT2D eigenvalue weighted by Gasteiger charge is 2.31. The fourth-order valence-corrected chi connectivity index (χ4v) is 2.03. The van der Waals surface area contributed by atoms with Crippen molar-refractivity contribution in [2.45, 2.75) is 6.18 Å². The summed E-state index contributed by atoms with van der Waals surface area (Å²) in [4.78, 5) is 17.9. The van der Waals surface area contributed by atoms with E-state index in [9.17, 15) is 22.4 Å². The molecular weight excluding hydrogens is 368 g/mol. The van der Waals surface area contributed by atoms with Gasteiger partial charge in [-0.15, -0.1) is 0 Å². The van der Waals surface area contributed by atoms with Gasteiger partial charge < -0.3 is 9.84 Å². The lowest BCUT2D eigenvalue weighted by Crippen LogP contribution is -2.04. The lowest BCUT2D eigenvalue weighted by molar-refractivity contribution is -0.137. The zero-order valence-electron chi connectivity index (χ0n) is 13.8. The maximum absolute atomic E-state index is 13.9. The molecule has 140 valence electrons. The molecule has 9 heteroatoms. The van der Waals surface area contributed by atoms with Crippen molar-refractivity contribution in [3.8, 4) is 5.75 Å². The van der Waals surface area contributed by atoms with Crippen LogP contribution in [0.25, 0.3) is 6.08 Å². The highest BCUT2D eigenvalue weighted by molar-refractivity contribution is 5.86. The Balaban J connectivity index is 2.47. The molecule has 2 aromatic carbocycles. The molecule has 0 saturated heterocycles. The van der Waals surface area contributed by atoms with Crippen LogP contribution in [-0.2, 0) is 11.0 Å². The van der Waals surface area contributed by atoms with Gasteiger partial charge in [0.15, 0.2) is 0 Å². The number of methoxy groups -OCH3 is 1. The Hall–Kier alpha value is -3.45. The number of hydrogen-bond acceptors (Lipinski definition) is 4. The van der Waals surface area contributed by atoms with Crippen LogP contribution in [0, 0.1) is 5.82 Å².